The summed E-state index contributed by atoms with van der Waals surface area (Å²) in [4.78, 5) is 23.4. The third kappa shape index (κ3) is 4.93. The number of carbonyl (C=O) groups is 2. The van der Waals surface area contributed by atoms with Gasteiger partial charge in [-0.25, -0.2) is 5.43 Å². The Kier molecular flexibility index (Phi) is 6.04. The van der Waals surface area contributed by atoms with Gasteiger partial charge in [0.05, 0.1) is 12.3 Å². The van der Waals surface area contributed by atoms with Crippen LogP contribution in [0.15, 0.2) is 45.9 Å². The summed E-state index contributed by atoms with van der Waals surface area (Å²) < 4.78 is 11.0. The van der Waals surface area contributed by atoms with E-state index >= 15 is 0 Å². The normalized spacial score (nSPS) is 16.7. The lowest BCUT2D eigenvalue weighted by molar-refractivity contribution is -0.139. The maximum atomic E-state index is 11.7. The van der Waals surface area contributed by atoms with E-state index in [0.717, 1.165) is 18.4 Å². The molecule has 8 heteroatoms. The largest absolute Gasteiger partial charge is 0.455 e. The number of hydrazone groups is 1. The molecule has 26 heavy (non-hydrogen) atoms. The van der Waals surface area contributed by atoms with Crippen LogP contribution in [0.2, 0.25) is 5.02 Å². The van der Waals surface area contributed by atoms with Crippen molar-refractivity contribution in [1.82, 2.24) is 10.7 Å². The fraction of sp³-hybridized carbons (Fsp3) is 0.278. The molecule has 2 N–H and O–H groups in total. The first-order chi connectivity index (χ1) is 12.6. The van der Waals surface area contributed by atoms with Crippen LogP contribution in [-0.2, 0) is 14.3 Å². The lowest BCUT2D eigenvalue weighted by atomic mass is 10.2. The molecule has 2 aromatic rings. The van der Waals surface area contributed by atoms with Crippen molar-refractivity contribution in [1.29, 1.82) is 0 Å². The summed E-state index contributed by atoms with van der Waals surface area (Å²) in [6, 6.07) is 10.7. The fourth-order valence-corrected chi connectivity index (χ4v) is 2.71. The Morgan fingerprint density at radius 3 is 2.92 bits per heavy atom. The van der Waals surface area contributed by atoms with E-state index in [2.05, 4.69) is 15.8 Å². The topological polar surface area (TPSA) is 92.9 Å². The number of amides is 2. The highest BCUT2D eigenvalue weighted by molar-refractivity contribution is 6.35. The Balaban J connectivity index is 1.48. The number of halogens is 1. The number of benzene rings is 1. The molecule has 2 heterocycles. The van der Waals surface area contributed by atoms with Crippen LogP contribution < -0.4 is 10.7 Å². The molecular formula is C18H18ClN3O4. The average molecular weight is 376 g/mol. The van der Waals surface area contributed by atoms with Crippen LogP contribution in [0.4, 0.5) is 0 Å². The summed E-state index contributed by atoms with van der Waals surface area (Å²) in [5, 5.41) is 6.86. The van der Waals surface area contributed by atoms with Gasteiger partial charge >= 0.3 is 11.8 Å². The molecular weight excluding hydrogens is 358 g/mol. The SMILES string of the molecule is O=C(NC[C@H]1CCCO1)C(=O)N/N=C/c1ccc(-c2cccc(Cl)c2)o1. The minimum absolute atomic E-state index is 0.0247. The van der Waals surface area contributed by atoms with Crippen molar-refractivity contribution in [2.45, 2.75) is 18.9 Å². The Bertz CT molecular complexity index is 812. The molecule has 1 aliphatic rings. The molecule has 0 unspecified atom stereocenters. The van der Waals surface area contributed by atoms with Gasteiger partial charge < -0.3 is 14.5 Å². The second-order valence-corrected chi connectivity index (χ2v) is 6.19. The highest BCUT2D eigenvalue weighted by Crippen LogP contribution is 2.24. The van der Waals surface area contributed by atoms with E-state index in [0.29, 0.717) is 29.7 Å². The summed E-state index contributed by atoms with van der Waals surface area (Å²) >= 11 is 5.96. The summed E-state index contributed by atoms with van der Waals surface area (Å²) in [7, 11) is 0. The van der Waals surface area contributed by atoms with Gasteiger partial charge in [0, 0.05) is 23.7 Å². The number of rotatable bonds is 5. The zero-order valence-electron chi connectivity index (χ0n) is 13.9. The maximum absolute atomic E-state index is 11.7. The van der Waals surface area contributed by atoms with Crippen LogP contribution in [-0.4, -0.2) is 37.3 Å². The zero-order chi connectivity index (χ0) is 18.4. The van der Waals surface area contributed by atoms with Crippen molar-refractivity contribution < 1.29 is 18.7 Å². The van der Waals surface area contributed by atoms with Gasteiger partial charge in [0.25, 0.3) is 0 Å². The van der Waals surface area contributed by atoms with Crippen molar-refractivity contribution in [2.24, 2.45) is 5.10 Å². The number of hydrogen-bond acceptors (Lipinski definition) is 5. The van der Waals surface area contributed by atoms with E-state index in [1.165, 1.54) is 6.21 Å². The predicted molar refractivity (Wildman–Crippen MR) is 96.9 cm³/mol. The van der Waals surface area contributed by atoms with E-state index in [1.807, 2.05) is 12.1 Å². The van der Waals surface area contributed by atoms with Crippen molar-refractivity contribution in [3.8, 4) is 11.3 Å². The van der Waals surface area contributed by atoms with E-state index < -0.39 is 11.8 Å². The van der Waals surface area contributed by atoms with Gasteiger partial charge in [0.2, 0.25) is 0 Å². The van der Waals surface area contributed by atoms with Crippen LogP contribution >= 0.6 is 11.6 Å². The lowest BCUT2D eigenvalue weighted by Gasteiger charge is -2.09. The number of furan rings is 1. The van der Waals surface area contributed by atoms with Crippen LogP contribution in [0.1, 0.15) is 18.6 Å². The second kappa shape index (κ2) is 8.64. The maximum Gasteiger partial charge on any atom is 0.329 e. The second-order valence-electron chi connectivity index (χ2n) is 5.76. The number of nitrogens with one attached hydrogen (secondary N) is 2. The van der Waals surface area contributed by atoms with E-state index in [9.17, 15) is 9.59 Å². The Hall–Kier alpha value is -2.64. The summed E-state index contributed by atoms with van der Waals surface area (Å²) in [6.45, 7) is 1.01. The van der Waals surface area contributed by atoms with Gasteiger partial charge in [0.1, 0.15) is 11.5 Å². The van der Waals surface area contributed by atoms with Crippen molar-refractivity contribution in [2.75, 3.05) is 13.2 Å². The average Bonchev–Trinajstić information content (AvgIpc) is 3.31. The van der Waals surface area contributed by atoms with Crippen molar-refractivity contribution in [3.05, 3.63) is 47.2 Å². The quantitative estimate of drug-likeness (QED) is 0.476. The monoisotopic (exact) mass is 375 g/mol. The smallest absolute Gasteiger partial charge is 0.329 e. The molecule has 3 rings (SSSR count). The molecule has 0 saturated carbocycles. The predicted octanol–water partition coefficient (Wildman–Crippen LogP) is 2.35. The van der Waals surface area contributed by atoms with E-state index in [1.54, 1.807) is 24.3 Å². The first-order valence-corrected chi connectivity index (χ1v) is 8.58. The highest BCUT2D eigenvalue weighted by Gasteiger charge is 2.18. The molecule has 0 bridgehead atoms. The number of ether oxygens (including phenoxy) is 1. The molecule has 1 fully saturated rings. The first kappa shape index (κ1) is 18.2. The van der Waals surface area contributed by atoms with Gasteiger partial charge in [-0.2, -0.15) is 5.10 Å². The van der Waals surface area contributed by atoms with Gasteiger partial charge in [-0.15, -0.1) is 0 Å². The van der Waals surface area contributed by atoms with Gasteiger partial charge in [0.15, 0.2) is 0 Å². The van der Waals surface area contributed by atoms with Gasteiger partial charge in [-0.3, -0.25) is 9.59 Å². The summed E-state index contributed by atoms with van der Waals surface area (Å²) in [6.07, 6.45) is 3.15. The van der Waals surface area contributed by atoms with Gasteiger partial charge in [-0.05, 0) is 37.1 Å². The van der Waals surface area contributed by atoms with Crippen LogP contribution in [0.25, 0.3) is 11.3 Å². The molecule has 7 nitrogen and oxygen atoms in total. The molecule has 2 amide bonds. The Labute approximate surface area is 155 Å². The standard InChI is InChI=1S/C18H18ClN3O4/c19-13-4-1-3-12(9-13)16-7-6-15(26-16)11-21-22-18(24)17(23)20-10-14-5-2-8-25-14/h1,3-4,6-7,9,11,14H,2,5,8,10H2,(H,20,23)(H,22,24)/b21-11+/t14-/m1/s1. The van der Waals surface area contributed by atoms with Crippen molar-refractivity contribution in [3.63, 3.8) is 0 Å². The number of nitrogens with zero attached hydrogens (tertiary/aromatic N) is 1. The first-order valence-electron chi connectivity index (χ1n) is 8.20. The van der Waals surface area contributed by atoms with Crippen LogP contribution in [0, 0.1) is 0 Å². The van der Waals surface area contributed by atoms with Gasteiger partial charge in [-0.1, -0.05) is 23.7 Å². The Morgan fingerprint density at radius 2 is 2.15 bits per heavy atom. The molecule has 0 radical (unpaired) electrons. The molecule has 0 spiro atoms. The minimum Gasteiger partial charge on any atom is -0.455 e. The minimum atomic E-state index is -0.846. The van der Waals surface area contributed by atoms with E-state index in [4.69, 9.17) is 20.8 Å². The third-order valence-corrected chi connectivity index (χ3v) is 4.05. The molecule has 1 atom stereocenters. The molecule has 1 aliphatic heterocycles. The Morgan fingerprint density at radius 1 is 1.27 bits per heavy atom. The van der Waals surface area contributed by atoms with Crippen LogP contribution in [0.5, 0.6) is 0 Å². The molecule has 1 saturated heterocycles. The zero-order valence-corrected chi connectivity index (χ0v) is 14.7. The third-order valence-electron chi connectivity index (χ3n) is 3.81. The highest BCUT2D eigenvalue weighted by atomic mass is 35.5. The number of hydrogen-bond donors (Lipinski definition) is 2. The molecule has 1 aromatic carbocycles. The fourth-order valence-electron chi connectivity index (χ4n) is 2.52. The lowest BCUT2D eigenvalue weighted by Crippen LogP contribution is -2.41. The summed E-state index contributed by atoms with van der Waals surface area (Å²) in [5.41, 5.74) is 2.99. The molecule has 0 aliphatic carbocycles. The summed E-state index contributed by atoms with van der Waals surface area (Å²) in [5.74, 6) is -0.549. The molecule has 136 valence electrons. The molecule has 1 aromatic heterocycles. The van der Waals surface area contributed by atoms with Crippen LogP contribution in [0.3, 0.4) is 0 Å². The van der Waals surface area contributed by atoms with Crippen molar-refractivity contribution >= 4 is 29.6 Å². The number of carbonyl (C=O) groups excluding carboxylic acids is 2. The van der Waals surface area contributed by atoms with E-state index in [-0.39, 0.29) is 6.10 Å².